The van der Waals surface area contributed by atoms with Crippen molar-refractivity contribution in [1.29, 1.82) is 0 Å². The van der Waals surface area contributed by atoms with E-state index in [1.54, 1.807) is 43.3 Å². The van der Waals surface area contributed by atoms with Gasteiger partial charge in [0.05, 0.1) is 7.11 Å². The van der Waals surface area contributed by atoms with E-state index in [4.69, 9.17) is 9.47 Å². The summed E-state index contributed by atoms with van der Waals surface area (Å²) in [5, 5.41) is 0. The average molecular weight is 277 g/mol. The van der Waals surface area contributed by atoms with Gasteiger partial charge in [-0.2, -0.15) is 0 Å². The normalized spacial score (nSPS) is 10.2. The Morgan fingerprint density at radius 2 is 2.10 bits per heavy atom. The second-order valence-corrected chi connectivity index (χ2v) is 5.04. The number of rotatable bonds is 7. The van der Waals surface area contributed by atoms with Gasteiger partial charge in [0.25, 0.3) is 5.91 Å². The first-order chi connectivity index (χ1) is 9.49. The van der Waals surface area contributed by atoms with Crippen molar-refractivity contribution in [1.82, 2.24) is 4.90 Å². The molecule has 0 fully saturated rings. The van der Waals surface area contributed by atoms with Crippen molar-refractivity contribution >= 4 is 5.91 Å². The molecule has 0 N–H and O–H groups in total. The van der Waals surface area contributed by atoms with Crippen molar-refractivity contribution in [2.45, 2.75) is 13.8 Å². The molecule has 0 spiro atoms. The lowest BCUT2D eigenvalue weighted by Crippen LogP contribution is -2.30. The lowest BCUT2D eigenvalue weighted by Gasteiger charge is -2.20. The molecule has 20 heavy (non-hydrogen) atoms. The highest BCUT2D eigenvalue weighted by atomic mass is 16.5. The topological polar surface area (TPSA) is 38.8 Å². The van der Waals surface area contributed by atoms with Gasteiger partial charge in [-0.15, -0.1) is 0 Å². The van der Waals surface area contributed by atoms with Crippen LogP contribution < -0.4 is 9.47 Å². The van der Waals surface area contributed by atoms with Crippen LogP contribution in [-0.4, -0.2) is 38.1 Å². The minimum atomic E-state index is -0.0210. The summed E-state index contributed by atoms with van der Waals surface area (Å²) < 4.78 is 10.7. The van der Waals surface area contributed by atoms with E-state index >= 15 is 0 Å². The van der Waals surface area contributed by atoms with E-state index in [-0.39, 0.29) is 5.91 Å². The highest BCUT2D eigenvalue weighted by molar-refractivity contribution is 5.94. The van der Waals surface area contributed by atoms with Gasteiger partial charge in [0, 0.05) is 19.2 Å². The molecule has 1 aromatic carbocycles. The first-order valence-corrected chi connectivity index (χ1v) is 6.66. The Balaban J connectivity index is 2.91. The molecule has 110 valence electrons. The van der Waals surface area contributed by atoms with Crippen LogP contribution >= 0.6 is 0 Å². The van der Waals surface area contributed by atoms with Gasteiger partial charge >= 0.3 is 0 Å². The fourth-order valence-corrected chi connectivity index (χ4v) is 1.92. The van der Waals surface area contributed by atoms with Crippen LogP contribution in [0, 0.1) is 5.92 Å². The summed E-state index contributed by atoms with van der Waals surface area (Å²) in [6.45, 7) is 8.88. The number of amides is 1. The van der Waals surface area contributed by atoms with Crippen LogP contribution in [0.5, 0.6) is 11.5 Å². The highest BCUT2D eigenvalue weighted by Gasteiger charge is 2.15. The molecule has 0 aliphatic rings. The molecule has 0 aliphatic carbocycles. The number of benzene rings is 1. The molecule has 1 aromatic rings. The zero-order valence-electron chi connectivity index (χ0n) is 12.7. The molecule has 0 bridgehead atoms. The number of carbonyl (C=O) groups excluding carboxylic acids is 1. The molecule has 4 heteroatoms. The summed E-state index contributed by atoms with van der Waals surface area (Å²) in [5.41, 5.74) is 0.593. The predicted octanol–water partition coefficient (Wildman–Crippen LogP) is 2.99. The zero-order valence-corrected chi connectivity index (χ0v) is 12.7. The third-order valence-electron chi connectivity index (χ3n) is 2.75. The molecule has 0 aliphatic heterocycles. The van der Waals surface area contributed by atoms with Gasteiger partial charge in [-0.3, -0.25) is 4.79 Å². The molecule has 0 atom stereocenters. The number of carbonyl (C=O) groups is 1. The van der Waals surface area contributed by atoms with Crippen molar-refractivity contribution in [3.63, 3.8) is 0 Å². The molecular weight excluding hydrogens is 254 g/mol. The maximum Gasteiger partial charge on any atom is 0.253 e. The smallest absolute Gasteiger partial charge is 0.253 e. The van der Waals surface area contributed by atoms with E-state index in [2.05, 4.69) is 20.4 Å². The summed E-state index contributed by atoms with van der Waals surface area (Å²) in [5.74, 6) is 1.57. The van der Waals surface area contributed by atoms with Crippen LogP contribution in [-0.2, 0) is 0 Å². The number of hydrogen-bond donors (Lipinski definition) is 0. The summed E-state index contributed by atoms with van der Waals surface area (Å²) in [4.78, 5) is 14.0. The molecule has 1 amide bonds. The molecule has 4 nitrogen and oxygen atoms in total. The summed E-state index contributed by atoms with van der Waals surface area (Å²) >= 11 is 0. The number of ether oxygens (including phenoxy) is 2. The Morgan fingerprint density at radius 1 is 1.40 bits per heavy atom. The Labute approximate surface area is 121 Å². The van der Waals surface area contributed by atoms with Gasteiger partial charge < -0.3 is 14.4 Å². The maximum absolute atomic E-state index is 12.3. The van der Waals surface area contributed by atoms with Gasteiger partial charge in [-0.25, -0.2) is 0 Å². The first-order valence-electron chi connectivity index (χ1n) is 6.66. The van der Waals surface area contributed by atoms with Crippen molar-refractivity contribution in [3.8, 4) is 11.5 Å². The Kier molecular flexibility index (Phi) is 6.10. The predicted molar refractivity (Wildman–Crippen MR) is 80.5 cm³/mol. The van der Waals surface area contributed by atoms with Gasteiger partial charge in [0.1, 0.15) is 6.61 Å². The molecule has 0 saturated heterocycles. The van der Waals surface area contributed by atoms with Crippen LogP contribution in [0.1, 0.15) is 24.2 Å². The largest absolute Gasteiger partial charge is 0.493 e. The molecule has 0 aromatic heterocycles. The van der Waals surface area contributed by atoms with Crippen molar-refractivity contribution in [2.75, 3.05) is 27.3 Å². The number of hydrogen-bond acceptors (Lipinski definition) is 3. The standard InChI is InChI=1S/C16H23NO3/c1-6-9-20-14-8-7-13(10-15(14)19-5)16(18)17(4)11-12(2)3/h6-8,10,12H,1,9,11H2,2-5H3. The molecule has 0 heterocycles. The number of nitrogens with zero attached hydrogens (tertiary/aromatic N) is 1. The summed E-state index contributed by atoms with van der Waals surface area (Å²) in [6.07, 6.45) is 1.66. The molecule has 1 rings (SSSR count). The van der Waals surface area contributed by atoms with Crippen LogP contribution in [0.4, 0.5) is 0 Å². The SMILES string of the molecule is C=CCOc1ccc(C(=O)N(C)CC(C)C)cc1OC. The minimum absolute atomic E-state index is 0.0210. The van der Waals surface area contributed by atoms with Crippen LogP contribution in [0.15, 0.2) is 30.9 Å². The van der Waals surface area contributed by atoms with Crippen LogP contribution in [0.25, 0.3) is 0 Å². The van der Waals surface area contributed by atoms with Crippen molar-refractivity contribution in [3.05, 3.63) is 36.4 Å². The fraction of sp³-hybridized carbons (Fsp3) is 0.438. The zero-order chi connectivity index (χ0) is 15.1. The van der Waals surface area contributed by atoms with E-state index in [0.29, 0.717) is 29.6 Å². The Bertz CT molecular complexity index is 469. The first kappa shape index (κ1) is 16.1. The van der Waals surface area contributed by atoms with E-state index in [1.807, 2.05) is 0 Å². The average Bonchev–Trinajstić information content (AvgIpc) is 2.43. The van der Waals surface area contributed by atoms with Gasteiger partial charge in [-0.1, -0.05) is 26.5 Å². The fourth-order valence-electron chi connectivity index (χ4n) is 1.92. The van der Waals surface area contributed by atoms with Gasteiger partial charge in [-0.05, 0) is 24.1 Å². The summed E-state index contributed by atoms with van der Waals surface area (Å²) in [6, 6.07) is 5.20. The van der Waals surface area contributed by atoms with Gasteiger partial charge in [0.15, 0.2) is 11.5 Å². The minimum Gasteiger partial charge on any atom is -0.493 e. The van der Waals surface area contributed by atoms with Gasteiger partial charge in [0.2, 0.25) is 0 Å². The van der Waals surface area contributed by atoms with Crippen LogP contribution in [0.3, 0.4) is 0 Å². The van der Waals surface area contributed by atoms with Crippen molar-refractivity contribution < 1.29 is 14.3 Å². The maximum atomic E-state index is 12.3. The molecular formula is C16H23NO3. The number of methoxy groups -OCH3 is 1. The molecule has 0 saturated carbocycles. The molecule has 0 radical (unpaired) electrons. The summed E-state index contributed by atoms with van der Waals surface area (Å²) in [7, 11) is 3.36. The third kappa shape index (κ3) is 4.30. The Hall–Kier alpha value is -1.97. The second-order valence-electron chi connectivity index (χ2n) is 5.04. The molecule has 0 unspecified atom stereocenters. The lowest BCUT2D eigenvalue weighted by molar-refractivity contribution is 0.0778. The Morgan fingerprint density at radius 3 is 2.65 bits per heavy atom. The van der Waals surface area contributed by atoms with E-state index < -0.39 is 0 Å². The monoisotopic (exact) mass is 277 g/mol. The lowest BCUT2D eigenvalue weighted by atomic mass is 10.1. The van der Waals surface area contributed by atoms with Crippen molar-refractivity contribution in [2.24, 2.45) is 5.92 Å². The van der Waals surface area contributed by atoms with E-state index in [9.17, 15) is 4.79 Å². The highest BCUT2D eigenvalue weighted by Crippen LogP contribution is 2.28. The quantitative estimate of drug-likeness (QED) is 0.719. The third-order valence-corrected chi connectivity index (χ3v) is 2.75. The van der Waals surface area contributed by atoms with Crippen LogP contribution in [0.2, 0.25) is 0 Å². The second kappa shape index (κ2) is 7.58. The van der Waals surface area contributed by atoms with E-state index in [1.165, 1.54) is 0 Å². The van der Waals surface area contributed by atoms with E-state index in [0.717, 1.165) is 6.54 Å².